The molecule has 2 N–H and O–H groups in total. The molecule has 1 atom stereocenters. The Bertz CT molecular complexity index is 744. The highest BCUT2D eigenvalue weighted by molar-refractivity contribution is 5.94. The number of benzene rings is 1. The van der Waals surface area contributed by atoms with Crippen LogP contribution in [0.1, 0.15) is 33.4 Å². The fraction of sp³-hybridized carbons (Fsp3) is 0.412. The number of halogens is 1. The molecule has 0 saturated carbocycles. The molecule has 24 heavy (non-hydrogen) atoms. The number of fused-ring (bicyclic) bond motifs is 1. The fourth-order valence-electron chi connectivity index (χ4n) is 3.26. The lowest BCUT2D eigenvalue weighted by atomic mass is 10.0. The molecule has 1 fully saturated rings. The van der Waals surface area contributed by atoms with Crippen LogP contribution in [0.15, 0.2) is 24.3 Å². The summed E-state index contributed by atoms with van der Waals surface area (Å²) in [5.41, 5.74) is 3.38. The van der Waals surface area contributed by atoms with E-state index in [1.165, 1.54) is 12.1 Å². The second kappa shape index (κ2) is 6.33. The zero-order valence-electron chi connectivity index (χ0n) is 13.2. The molecule has 0 aliphatic carbocycles. The number of hydrogen-bond acceptors (Lipinski definition) is 4. The van der Waals surface area contributed by atoms with Crippen LogP contribution in [0.4, 0.5) is 4.39 Å². The number of aromatic nitrogens is 2. The standard InChI is InChI=1S/C17H19FN4O2/c18-12-3-1-11(2-4-12)15-10-22(7-8-24-15)17(23)16-13-9-19-6-5-14(13)20-21-16/h1-4,15,19H,5-10H2,(H,20,21). The van der Waals surface area contributed by atoms with Crippen molar-refractivity contribution in [3.8, 4) is 0 Å². The Labute approximate surface area is 139 Å². The normalized spacial score (nSPS) is 20.7. The van der Waals surface area contributed by atoms with Crippen molar-refractivity contribution < 1.29 is 13.9 Å². The van der Waals surface area contributed by atoms with E-state index in [9.17, 15) is 9.18 Å². The summed E-state index contributed by atoms with van der Waals surface area (Å²) in [5.74, 6) is -0.357. The molecule has 3 heterocycles. The van der Waals surface area contributed by atoms with E-state index in [-0.39, 0.29) is 17.8 Å². The van der Waals surface area contributed by atoms with E-state index < -0.39 is 0 Å². The lowest BCUT2D eigenvalue weighted by Crippen LogP contribution is -2.43. The zero-order valence-corrected chi connectivity index (χ0v) is 13.2. The second-order valence-electron chi connectivity index (χ2n) is 6.12. The van der Waals surface area contributed by atoms with Gasteiger partial charge in [-0.3, -0.25) is 9.89 Å². The summed E-state index contributed by atoms with van der Waals surface area (Å²) < 4.78 is 18.8. The molecule has 4 rings (SSSR count). The number of carbonyl (C=O) groups excluding carboxylic acids is 1. The zero-order chi connectivity index (χ0) is 16.5. The third-order valence-corrected chi connectivity index (χ3v) is 4.60. The predicted molar refractivity (Wildman–Crippen MR) is 85.0 cm³/mol. The van der Waals surface area contributed by atoms with Gasteiger partial charge in [0.2, 0.25) is 0 Å². The van der Waals surface area contributed by atoms with Crippen LogP contribution in [-0.4, -0.2) is 47.2 Å². The largest absolute Gasteiger partial charge is 0.370 e. The Balaban J connectivity index is 1.52. The lowest BCUT2D eigenvalue weighted by molar-refractivity contribution is -0.0230. The first kappa shape index (κ1) is 15.3. The van der Waals surface area contributed by atoms with Crippen molar-refractivity contribution in [2.45, 2.75) is 19.1 Å². The predicted octanol–water partition coefficient (Wildman–Crippen LogP) is 1.41. The highest BCUT2D eigenvalue weighted by atomic mass is 19.1. The van der Waals surface area contributed by atoms with Crippen molar-refractivity contribution >= 4 is 5.91 Å². The minimum atomic E-state index is -0.279. The molecular weight excluding hydrogens is 311 g/mol. The Morgan fingerprint density at radius 1 is 1.33 bits per heavy atom. The van der Waals surface area contributed by atoms with Gasteiger partial charge in [0.25, 0.3) is 5.91 Å². The summed E-state index contributed by atoms with van der Waals surface area (Å²) in [4.78, 5) is 14.6. The minimum absolute atomic E-state index is 0.0772. The van der Waals surface area contributed by atoms with Crippen molar-refractivity contribution in [3.63, 3.8) is 0 Å². The monoisotopic (exact) mass is 330 g/mol. The van der Waals surface area contributed by atoms with Crippen LogP contribution in [-0.2, 0) is 17.7 Å². The number of morpholine rings is 1. The van der Waals surface area contributed by atoms with Gasteiger partial charge in [-0.1, -0.05) is 12.1 Å². The van der Waals surface area contributed by atoms with Crippen molar-refractivity contribution in [1.82, 2.24) is 20.4 Å². The van der Waals surface area contributed by atoms with Gasteiger partial charge in [-0.05, 0) is 17.7 Å². The quantitative estimate of drug-likeness (QED) is 0.873. The molecule has 6 nitrogen and oxygen atoms in total. The molecule has 2 aromatic rings. The Hall–Kier alpha value is -2.25. The molecule has 7 heteroatoms. The van der Waals surface area contributed by atoms with Crippen LogP contribution >= 0.6 is 0 Å². The van der Waals surface area contributed by atoms with Crippen molar-refractivity contribution in [2.75, 3.05) is 26.2 Å². The molecule has 1 amide bonds. The molecule has 126 valence electrons. The van der Waals surface area contributed by atoms with Gasteiger partial charge in [0.05, 0.1) is 13.2 Å². The third-order valence-electron chi connectivity index (χ3n) is 4.60. The molecule has 0 spiro atoms. The second-order valence-corrected chi connectivity index (χ2v) is 6.12. The summed E-state index contributed by atoms with van der Waals surface area (Å²) in [7, 11) is 0. The van der Waals surface area contributed by atoms with E-state index >= 15 is 0 Å². The molecule has 1 unspecified atom stereocenters. The number of H-pyrrole nitrogens is 1. The van der Waals surface area contributed by atoms with Crippen molar-refractivity contribution in [3.05, 3.63) is 52.6 Å². The topological polar surface area (TPSA) is 70.2 Å². The first-order valence-corrected chi connectivity index (χ1v) is 8.15. The summed E-state index contributed by atoms with van der Waals surface area (Å²) in [6, 6.07) is 6.23. The first-order valence-electron chi connectivity index (χ1n) is 8.15. The van der Waals surface area contributed by atoms with E-state index in [2.05, 4.69) is 15.5 Å². The fourth-order valence-corrected chi connectivity index (χ4v) is 3.26. The number of amides is 1. The number of aromatic amines is 1. The first-order chi connectivity index (χ1) is 11.7. The van der Waals surface area contributed by atoms with Gasteiger partial charge in [-0.15, -0.1) is 0 Å². The molecule has 2 aliphatic rings. The van der Waals surface area contributed by atoms with Gasteiger partial charge in [0.1, 0.15) is 11.9 Å². The molecule has 1 aromatic heterocycles. The number of carbonyl (C=O) groups is 1. The van der Waals surface area contributed by atoms with E-state index in [0.29, 0.717) is 31.9 Å². The molecule has 0 bridgehead atoms. The molecule has 1 aromatic carbocycles. The van der Waals surface area contributed by atoms with Gasteiger partial charge in [0.15, 0.2) is 5.69 Å². The maximum Gasteiger partial charge on any atom is 0.274 e. The minimum Gasteiger partial charge on any atom is -0.370 e. The Morgan fingerprint density at radius 2 is 2.17 bits per heavy atom. The average Bonchev–Trinajstić information content (AvgIpc) is 3.06. The number of ether oxygens (including phenoxy) is 1. The van der Waals surface area contributed by atoms with Gasteiger partial charge >= 0.3 is 0 Å². The van der Waals surface area contributed by atoms with Crippen LogP contribution in [0.25, 0.3) is 0 Å². The maximum atomic E-state index is 13.1. The number of hydrogen-bond donors (Lipinski definition) is 2. The Morgan fingerprint density at radius 3 is 3.00 bits per heavy atom. The molecule has 1 saturated heterocycles. The lowest BCUT2D eigenvalue weighted by Gasteiger charge is -2.33. The van der Waals surface area contributed by atoms with Gasteiger partial charge in [-0.2, -0.15) is 5.10 Å². The maximum absolute atomic E-state index is 13.1. The number of nitrogens with one attached hydrogen (secondary N) is 2. The van der Waals surface area contributed by atoms with Crippen LogP contribution < -0.4 is 5.32 Å². The highest BCUT2D eigenvalue weighted by Gasteiger charge is 2.30. The van der Waals surface area contributed by atoms with E-state index in [1.807, 2.05) is 0 Å². The van der Waals surface area contributed by atoms with E-state index in [0.717, 1.165) is 29.8 Å². The summed E-state index contributed by atoms with van der Waals surface area (Å²) in [6.45, 7) is 3.00. The SMILES string of the molecule is O=C(c1n[nH]c2c1CNCC2)N1CCOC(c2ccc(F)cc2)C1. The number of nitrogens with zero attached hydrogens (tertiary/aromatic N) is 2. The van der Waals surface area contributed by atoms with Gasteiger partial charge in [0, 0.05) is 37.3 Å². The third kappa shape index (κ3) is 2.81. The molecular formula is C17H19FN4O2. The summed E-state index contributed by atoms with van der Waals surface area (Å²) >= 11 is 0. The number of rotatable bonds is 2. The van der Waals surface area contributed by atoms with Gasteiger partial charge in [-0.25, -0.2) is 4.39 Å². The van der Waals surface area contributed by atoms with E-state index in [1.54, 1.807) is 17.0 Å². The van der Waals surface area contributed by atoms with Crippen LogP contribution in [0.2, 0.25) is 0 Å². The van der Waals surface area contributed by atoms with Crippen LogP contribution in [0.3, 0.4) is 0 Å². The molecule has 2 aliphatic heterocycles. The van der Waals surface area contributed by atoms with Crippen LogP contribution in [0.5, 0.6) is 0 Å². The Kier molecular flexibility index (Phi) is 4.03. The highest BCUT2D eigenvalue weighted by Crippen LogP contribution is 2.24. The average molecular weight is 330 g/mol. The smallest absolute Gasteiger partial charge is 0.274 e. The van der Waals surface area contributed by atoms with E-state index in [4.69, 9.17) is 4.74 Å². The summed E-state index contributed by atoms with van der Waals surface area (Å²) in [6.07, 6.45) is 0.618. The molecule has 0 radical (unpaired) electrons. The van der Waals surface area contributed by atoms with Crippen molar-refractivity contribution in [2.24, 2.45) is 0 Å². The van der Waals surface area contributed by atoms with Crippen LogP contribution in [0, 0.1) is 5.82 Å². The summed E-state index contributed by atoms with van der Waals surface area (Å²) in [5, 5.41) is 10.5. The van der Waals surface area contributed by atoms with Crippen molar-refractivity contribution in [1.29, 1.82) is 0 Å². The van der Waals surface area contributed by atoms with Gasteiger partial charge < -0.3 is 15.0 Å².